The van der Waals surface area contributed by atoms with Crippen molar-refractivity contribution in [2.45, 2.75) is 6.42 Å². The molecule has 0 aromatic heterocycles. The van der Waals surface area contributed by atoms with Gasteiger partial charge in [-0.05, 0) is 36.8 Å². The summed E-state index contributed by atoms with van der Waals surface area (Å²) in [6.07, 6.45) is 0.118. The third kappa shape index (κ3) is 4.43. The summed E-state index contributed by atoms with van der Waals surface area (Å²) in [5.41, 5.74) is 1.03. The van der Waals surface area contributed by atoms with Gasteiger partial charge in [0.2, 0.25) is 0 Å². The van der Waals surface area contributed by atoms with Gasteiger partial charge >= 0.3 is 6.03 Å². The number of anilines is 1. The van der Waals surface area contributed by atoms with E-state index in [-0.39, 0.29) is 24.6 Å². The summed E-state index contributed by atoms with van der Waals surface area (Å²) < 4.78 is 27.2. The highest BCUT2D eigenvalue weighted by Crippen LogP contribution is 2.20. The van der Waals surface area contributed by atoms with Crippen molar-refractivity contribution in [2.24, 2.45) is 0 Å². The molecule has 0 spiro atoms. The van der Waals surface area contributed by atoms with Crippen LogP contribution in [0.5, 0.6) is 0 Å². The van der Waals surface area contributed by atoms with E-state index < -0.39 is 11.6 Å². The zero-order valence-corrected chi connectivity index (χ0v) is 15.0. The van der Waals surface area contributed by atoms with Crippen molar-refractivity contribution in [1.82, 2.24) is 10.2 Å². The molecule has 0 radical (unpaired) electrons. The molecule has 0 saturated carbocycles. The van der Waals surface area contributed by atoms with E-state index >= 15 is 0 Å². The number of halogens is 3. The molecule has 1 heterocycles. The van der Waals surface area contributed by atoms with Gasteiger partial charge in [0.1, 0.15) is 11.6 Å². The van der Waals surface area contributed by atoms with Gasteiger partial charge in [0.25, 0.3) is 0 Å². The standard InChI is InChI=1S/C19H20ClF2N3O/c20-14-3-1-4-15(13-14)24-9-11-25(12-10-24)19(26)23-8-7-16-17(21)5-2-6-18(16)22/h1-6,13H,7-12H2,(H,23,26). The Morgan fingerprint density at radius 1 is 1.04 bits per heavy atom. The predicted molar refractivity (Wildman–Crippen MR) is 98.7 cm³/mol. The monoisotopic (exact) mass is 379 g/mol. The number of benzene rings is 2. The average Bonchev–Trinajstić information content (AvgIpc) is 2.64. The molecular weight excluding hydrogens is 360 g/mol. The normalized spacial score (nSPS) is 14.4. The maximum absolute atomic E-state index is 13.6. The lowest BCUT2D eigenvalue weighted by molar-refractivity contribution is 0.194. The highest BCUT2D eigenvalue weighted by molar-refractivity contribution is 6.30. The number of hydrogen-bond donors (Lipinski definition) is 1. The van der Waals surface area contributed by atoms with Crippen LogP contribution in [0.15, 0.2) is 42.5 Å². The molecule has 1 fully saturated rings. The molecule has 3 rings (SSSR count). The van der Waals surface area contributed by atoms with E-state index in [9.17, 15) is 13.6 Å². The van der Waals surface area contributed by atoms with Crippen LogP contribution in [0.2, 0.25) is 5.02 Å². The van der Waals surface area contributed by atoms with Crippen LogP contribution in [-0.4, -0.2) is 43.7 Å². The molecule has 26 heavy (non-hydrogen) atoms. The number of rotatable bonds is 4. The first-order chi connectivity index (χ1) is 12.5. The van der Waals surface area contributed by atoms with E-state index in [0.29, 0.717) is 31.2 Å². The summed E-state index contributed by atoms with van der Waals surface area (Å²) >= 11 is 6.02. The first kappa shape index (κ1) is 18.5. The zero-order chi connectivity index (χ0) is 18.5. The first-order valence-corrected chi connectivity index (χ1v) is 8.88. The quantitative estimate of drug-likeness (QED) is 0.879. The van der Waals surface area contributed by atoms with Gasteiger partial charge in [-0.3, -0.25) is 0 Å². The molecule has 4 nitrogen and oxygen atoms in total. The Morgan fingerprint density at radius 2 is 1.69 bits per heavy atom. The third-order valence-electron chi connectivity index (χ3n) is 4.45. The SMILES string of the molecule is O=C(NCCc1c(F)cccc1F)N1CCN(c2cccc(Cl)c2)CC1. The lowest BCUT2D eigenvalue weighted by Gasteiger charge is -2.36. The number of amides is 2. The lowest BCUT2D eigenvalue weighted by atomic mass is 10.1. The molecule has 1 saturated heterocycles. The number of carbonyl (C=O) groups excluding carboxylic acids is 1. The van der Waals surface area contributed by atoms with Crippen LogP contribution in [0, 0.1) is 11.6 Å². The highest BCUT2D eigenvalue weighted by Gasteiger charge is 2.21. The maximum atomic E-state index is 13.6. The van der Waals surface area contributed by atoms with Crippen LogP contribution in [-0.2, 0) is 6.42 Å². The van der Waals surface area contributed by atoms with Crippen LogP contribution in [0.4, 0.5) is 19.3 Å². The van der Waals surface area contributed by atoms with E-state index in [1.807, 2.05) is 24.3 Å². The minimum atomic E-state index is -0.589. The summed E-state index contributed by atoms with van der Waals surface area (Å²) in [5.74, 6) is -1.18. The number of piperazine rings is 1. The number of nitrogens with zero attached hydrogens (tertiary/aromatic N) is 2. The summed E-state index contributed by atoms with van der Waals surface area (Å²) in [6, 6.07) is 11.2. The Morgan fingerprint density at radius 3 is 2.35 bits per heavy atom. The van der Waals surface area contributed by atoms with Gasteiger partial charge in [-0.25, -0.2) is 13.6 Å². The molecule has 0 aliphatic carbocycles. The fraction of sp³-hybridized carbons (Fsp3) is 0.316. The second kappa shape index (κ2) is 8.36. The van der Waals surface area contributed by atoms with Gasteiger partial charge in [-0.15, -0.1) is 0 Å². The summed E-state index contributed by atoms with van der Waals surface area (Å²) in [7, 11) is 0. The molecule has 1 N–H and O–H groups in total. The Labute approximate surface area is 156 Å². The average molecular weight is 380 g/mol. The fourth-order valence-corrected chi connectivity index (χ4v) is 3.20. The first-order valence-electron chi connectivity index (χ1n) is 8.51. The van der Waals surface area contributed by atoms with Crippen molar-refractivity contribution in [2.75, 3.05) is 37.6 Å². The zero-order valence-electron chi connectivity index (χ0n) is 14.2. The molecule has 2 amide bonds. The Bertz CT molecular complexity index is 759. The number of carbonyl (C=O) groups is 1. The van der Waals surface area contributed by atoms with Crippen LogP contribution < -0.4 is 10.2 Å². The van der Waals surface area contributed by atoms with Gasteiger partial charge < -0.3 is 15.1 Å². The molecule has 2 aromatic carbocycles. The Kier molecular flexibility index (Phi) is 5.93. The Balaban J connectivity index is 1.47. The van der Waals surface area contributed by atoms with Crippen molar-refractivity contribution >= 4 is 23.3 Å². The maximum Gasteiger partial charge on any atom is 0.317 e. The molecule has 1 aliphatic heterocycles. The van der Waals surface area contributed by atoms with E-state index in [4.69, 9.17) is 11.6 Å². The van der Waals surface area contributed by atoms with E-state index in [2.05, 4.69) is 10.2 Å². The number of urea groups is 1. The largest absolute Gasteiger partial charge is 0.368 e. The number of hydrogen-bond acceptors (Lipinski definition) is 2. The molecule has 0 unspecified atom stereocenters. The summed E-state index contributed by atoms with van der Waals surface area (Å²) in [5, 5.41) is 3.42. The second-order valence-electron chi connectivity index (χ2n) is 6.14. The van der Waals surface area contributed by atoms with Gasteiger partial charge in [-0.1, -0.05) is 23.7 Å². The van der Waals surface area contributed by atoms with Crippen molar-refractivity contribution in [3.63, 3.8) is 0 Å². The third-order valence-corrected chi connectivity index (χ3v) is 4.69. The summed E-state index contributed by atoms with van der Waals surface area (Å²) in [4.78, 5) is 16.1. The fourth-order valence-electron chi connectivity index (χ4n) is 3.02. The van der Waals surface area contributed by atoms with Crippen LogP contribution in [0.1, 0.15) is 5.56 Å². The van der Waals surface area contributed by atoms with Crippen molar-refractivity contribution in [1.29, 1.82) is 0 Å². The molecule has 0 bridgehead atoms. The summed E-state index contributed by atoms with van der Waals surface area (Å²) in [6.45, 7) is 2.75. The van der Waals surface area contributed by atoms with E-state index in [1.165, 1.54) is 18.2 Å². The molecule has 138 valence electrons. The molecule has 1 aliphatic rings. The van der Waals surface area contributed by atoms with Crippen LogP contribution >= 0.6 is 11.6 Å². The molecule has 0 atom stereocenters. The minimum Gasteiger partial charge on any atom is -0.368 e. The molecular formula is C19H20ClF2N3O. The van der Waals surface area contributed by atoms with Gasteiger partial charge in [0, 0.05) is 49.0 Å². The van der Waals surface area contributed by atoms with E-state index in [1.54, 1.807) is 4.90 Å². The van der Waals surface area contributed by atoms with Crippen molar-refractivity contribution < 1.29 is 13.6 Å². The highest BCUT2D eigenvalue weighted by atomic mass is 35.5. The van der Waals surface area contributed by atoms with Gasteiger partial charge in [0.15, 0.2) is 0 Å². The van der Waals surface area contributed by atoms with Crippen LogP contribution in [0.25, 0.3) is 0 Å². The minimum absolute atomic E-state index is 0.00132. The van der Waals surface area contributed by atoms with Crippen LogP contribution in [0.3, 0.4) is 0 Å². The van der Waals surface area contributed by atoms with Crippen molar-refractivity contribution in [3.8, 4) is 0 Å². The van der Waals surface area contributed by atoms with Gasteiger partial charge in [0.05, 0.1) is 0 Å². The number of nitrogens with one attached hydrogen (secondary N) is 1. The Hall–Kier alpha value is -2.34. The van der Waals surface area contributed by atoms with Crippen molar-refractivity contribution in [3.05, 3.63) is 64.7 Å². The lowest BCUT2D eigenvalue weighted by Crippen LogP contribution is -2.52. The molecule has 2 aromatic rings. The second-order valence-corrected chi connectivity index (χ2v) is 6.57. The van der Waals surface area contributed by atoms with E-state index in [0.717, 1.165) is 5.69 Å². The van der Waals surface area contributed by atoms with Gasteiger partial charge in [-0.2, -0.15) is 0 Å². The topological polar surface area (TPSA) is 35.6 Å². The molecule has 7 heteroatoms. The predicted octanol–water partition coefficient (Wildman–Crippen LogP) is 3.69. The smallest absolute Gasteiger partial charge is 0.317 e.